The Balaban J connectivity index is 1.52. The van der Waals surface area contributed by atoms with Gasteiger partial charge in [-0.2, -0.15) is 13.2 Å². The van der Waals surface area contributed by atoms with Gasteiger partial charge in [-0.15, -0.1) is 10.2 Å². The first-order chi connectivity index (χ1) is 15.3. The Kier molecular flexibility index (Phi) is 5.61. The van der Waals surface area contributed by atoms with Gasteiger partial charge in [-0.3, -0.25) is 19.8 Å². The molecule has 2 heterocycles. The molecule has 0 spiro atoms. The van der Waals surface area contributed by atoms with Crippen LogP contribution >= 0.6 is 11.3 Å². The number of amides is 4. The zero-order chi connectivity index (χ0) is 22.9. The third kappa shape index (κ3) is 4.17. The maximum absolute atomic E-state index is 12.9. The molecule has 1 unspecified atom stereocenters. The fourth-order valence-corrected chi connectivity index (χ4v) is 3.85. The van der Waals surface area contributed by atoms with Gasteiger partial charge in [0.25, 0.3) is 11.8 Å². The van der Waals surface area contributed by atoms with Crippen molar-refractivity contribution >= 4 is 34.3 Å². The molecule has 1 aromatic heterocycles. The smallest absolute Gasteiger partial charge is 0.335 e. The zero-order valence-electron chi connectivity index (χ0n) is 16.1. The monoisotopic (exact) mass is 461 g/mol. The Bertz CT molecular complexity index is 1150. The van der Waals surface area contributed by atoms with E-state index in [1.54, 1.807) is 54.6 Å². The van der Waals surface area contributed by atoms with Crippen molar-refractivity contribution in [3.8, 4) is 0 Å². The van der Waals surface area contributed by atoms with Gasteiger partial charge >= 0.3 is 12.2 Å². The Morgan fingerprint density at radius 3 is 2.12 bits per heavy atom. The van der Waals surface area contributed by atoms with E-state index in [-0.39, 0.29) is 34.1 Å². The quantitative estimate of drug-likeness (QED) is 0.564. The van der Waals surface area contributed by atoms with Crippen molar-refractivity contribution in [3.63, 3.8) is 0 Å². The van der Waals surface area contributed by atoms with Crippen LogP contribution in [0.3, 0.4) is 0 Å². The van der Waals surface area contributed by atoms with Gasteiger partial charge in [-0.05, 0) is 17.7 Å². The first-order valence-corrected chi connectivity index (χ1v) is 10.0. The average molecular weight is 461 g/mol. The van der Waals surface area contributed by atoms with Gasteiger partial charge in [0.05, 0.1) is 17.2 Å². The first kappa shape index (κ1) is 21.4. The number of aromatic nitrogens is 2. The van der Waals surface area contributed by atoms with Gasteiger partial charge in [0.15, 0.2) is 0 Å². The van der Waals surface area contributed by atoms with Crippen LogP contribution < -0.4 is 10.6 Å². The van der Waals surface area contributed by atoms with Gasteiger partial charge < -0.3 is 5.32 Å². The van der Waals surface area contributed by atoms with Crippen LogP contribution in [0.5, 0.6) is 0 Å². The molecular weight excluding hydrogens is 447 g/mol. The highest BCUT2D eigenvalue weighted by Gasteiger charge is 2.40. The molecule has 4 rings (SSSR count). The summed E-state index contributed by atoms with van der Waals surface area (Å²) in [5.74, 6) is -0.999. The summed E-state index contributed by atoms with van der Waals surface area (Å²) in [4.78, 5) is 39.1. The molecule has 4 amide bonds. The highest BCUT2D eigenvalue weighted by Crippen LogP contribution is 2.33. The van der Waals surface area contributed by atoms with Crippen LogP contribution in [-0.2, 0) is 6.18 Å². The highest BCUT2D eigenvalue weighted by atomic mass is 32.1. The summed E-state index contributed by atoms with van der Waals surface area (Å²) in [7, 11) is 0. The lowest BCUT2D eigenvalue weighted by Crippen LogP contribution is -2.42. The number of alkyl halides is 3. The van der Waals surface area contributed by atoms with Crippen LogP contribution in [0.4, 0.5) is 23.1 Å². The van der Waals surface area contributed by atoms with E-state index < -0.39 is 35.1 Å². The Labute approximate surface area is 183 Å². The second-order valence-corrected chi connectivity index (χ2v) is 7.68. The Hall–Kier alpha value is -3.80. The molecule has 2 aromatic carbocycles. The number of urea groups is 1. The van der Waals surface area contributed by atoms with Crippen LogP contribution in [-0.4, -0.2) is 39.5 Å². The van der Waals surface area contributed by atoms with E-state index in [1.165, 1.54) is 0 Å². The van der Waals surface area contributed by atoms with E-state index in [4.69, 9.17) is 0 Å². The van der Waals surface area contributed by atoms with Crippen LogP contribution in [0.1, 0.15) is 37.3 Å². The number of carbonyl (C=O) groups is 3. The number of rotatable bonds is 5. The second-order valence-electron chi connectivity index (χ2n) is 6.70. The Morgan fingerprint density at radius 2 is 1.56 bits per heavy atom. The molecule has 32 heavy (non-hydrogen) atoms. The summed E-state index contributed by atoms with van der Waals surface area (Å²) in [6.45, 7) is -0.174. The number of imide groups is 1. The summed E-state index contributed by atoms with van der Waals surface area (Å²) in [6.07, 6.45) is -4.67. The standard InChI is InChI=1S/C20H14F3N5O3S/c21-20(22,23)17-26-27-19(32-17)25-18(31)24-10-14(11-6-2-1-3-7-11)28-15(29)12-8-4-5-9-13(12)16(28)30/h1-9,14H,10H2,(H2,24,25,27,31). The fraction of sp³-hybridized carbons (Fsp3) is 0.150. The van der Waals surface area contributed by atoms with Gasteiger partial charge in [-0.1, -0.05) is 53.8 Å². The molecule has 3 aromatic rings. The number of nitrogens with one attached hydrogen (secondary N) is 2. The molecule has 164 valence electrons. The molecule has 0 saturated heterocycles. The fourth-order valence-electron chi connectivity index (χ4n) is 3.24. The van der Waals surface area contributed by atoms with E-state index in [0.29, 0.717) is 5.56 Å². The molecule has 0 fully saturated rings. The van der Waals surface area contributed by atoms with Crippen LogP contribution in [0, 0.1) is 0 Å². The maximum Gasteiger partial charge on any atom is 0.445 e. The van der Waals surface area contributed by atoms with Crippen molar-refractivity contribution < 1.29 is 27.6 Å². The van der Waals surface area contributed by atoms with Gasteiger partial charge in [-0.25, -0.2) is 4.79 Å². The molecule has 12 heteroatoms. The molecule has 0 bridgehead atoms. The SMILES string of the molecule is O=C(NCC(c1ccccc1)N1C(=O)c2ccccc2C1=O)Nc1nnc(C(F)(F)F)s1. The molecule has 8 nitrogen and oxygen atoms in total. The number of fused-ring (bicyclic) bond motifs is 1. The summed E-state index contributed by atoms with van der Waals surface area (Å²) < 4.78 is 37.9. The van der Waals surface area contributed by atoms with E-state index >= 15 is 0 Å². The lowest BCUT2D eigenvalue weighted by molar-refractivity contribution is -0.138. The number of halogens is 3. The molecule has 1 atom stereocenters. The highest BCUT2D eigenvalue weighted by molar-refractivity contribution is 7.15. The molecule has 0 saturated carbocycles. The van der Waals surface area contributed by atoms with Crippen LogP contribution in [0.2, 0.25) is 0 Å². The number of benzene rings is 2. The van der Waals surface area contributed by atoms with E-state index in [0.717, 1.165) is 4.90 Å². The van der Waals surface area contributed by atoms with Crippen molar-refractivity contribution in [1.29, 1.82) is 0 Å². The number of hydrogen-bond donors (Lipinski definition) is 2. The van der Waals surface area contributed by atoms with Crippen molar-refractivity contribution in [2.75, 3.05) is 11.9 Å². The predicted molar refractivity (Wildman–Crippen MR) is 108 cm³/mol. The minimum Gasteiger partial charge on any atom is -0.335 e. The second kappa shape index (κ2) is 8.38. The summed E-state index contributed by atoms with van der Waals surface area (Å²) in [5.41, 5.74) is 1.12. The number of anilines is 1. The van der Waals surface area contributed by atoms with Crippen LogP contribution in [0.15, 0.2) is 54.6 Å². The topological polar surface area (TPSA) is 104 Å². The zero-order valence-corrected chi connectivity index (χ0v) is 16.9. The predicted octanol–water partition coefficient (Wildman–Crippen LogP) is 3.72. The largest absolute Gasteiger partial charge is 0.445 e. The molecule has 1 aliphatic heterocycles. The lowest BCUT2D eigenvalue weighted by atomic mass is 10.1. The first-order valence-electron chi connectivity index (χ1n) is 9.23. The minimum absolute atomic E-state index is 0.174. The third-order valence-electron chi connectivity index (χ3n) is 4.67. The third-order valence-corrected chi connectivity index (χ3v) is 5.55. The minimum atomic E-state index is -4.67. The number of hydrogen-bond acceptors (Lipinski definition) is 6. The van der Waals surface area contributed by atoms with E-state index in [9.17, 15) is 27.6 Å². The Morgan fingerprint density at radius 1 is 0.969 bits per heavy atom. The summed E-state index contributed by atoms with van der Waals surface area (Å²) in [6, 6.07) is 13.3. The van der Waals surface area contributed by atoms with Gasteiger partial charge in [0, 0.05) is 6.54 Å². The van der Waals surface area contributed by atoms with E-state index in [2.05, 4.69) is 20.8 Å². The van der Waals surface area contributed by atoms with E-state index in [1.807, 2.05) is 0 Å². The molecule has 2 N–H and O–H groups in total. The van der Waals surface area contributed by atoms with Crippen molar-refractivity contribution in [3.05, 3.63) is 76.3 Å². The summed E-state index contributed by atoms with van der Waals surface area (Å²) in [5, 5.41) is 9.41. The maximum atomic E-state index is 12.9. The van der Waals surface area contributed by atoms with Crippen molar-refractivity contribution in [2.24, 2.45) is 0 Å². The average Bonchev–Trinajstić information content (AvgIpc) is 3.34. The number of carbonyl (C=O) groups excluding carboxylic acids is 3. The molecule has 0 aliphatic carbocycles. The molecule has 1 aliphatic rings. The van der Waals surface area contributed by atoms with Crippen molar-refractivity contribution in [2.45, 2.75) is 12.2 Å². The normalized spacial score (nSPS) is 14.3. The summed E-state index contributed by atoms with van der Waals surface area (Å²) >= 11 is 0.179. The van der Waals surface area contributed by atoms with Gasteiger partial charge in [0.1, 0.15) is 0 Å². The number of nitrogens with zero attached hydrogens (tertiary/aromatic N) is 3. The molecule has 0 radical (unpaired) electrons. The van der Waals surface area contributed by atoms with Crippen molar-refractivity contribution in [1.82, 2.24) is 20.4 Å². The van der Waals surface area contributed by atoms with Crippen LogP contribution in [0.25, 0.3) is 0 Å². The van der Waals surface area contributed by atoms with Gasteiger partial charge in [0.2, 0.25) is 10.1 Å². The lowest BCUT2D eigenvalue weighted by Gasteiger charge is -2.27. The molecular formula is C20H14F3N5O3S.